The molecule has 0 aliphatic heterocycles. The number of benzene rings is 1. The second-order valence-corrected chi connectivity index (χ2v) is 3.50. The molecule has 0 aromatic heterocycles. The fourth-order valence-corrected chi connectivity index (χ4v) is 1.51. The van der Waals surface area contributed by atoms with Crippen molar-refractivity contribution in [1.82, 2.24) is 0 Å². The number of phenolic OH excluding ortho intramolecular Hbond substituents is 1. The molecule has 1 aromatic carbocycles. The highest BCUT2D eigenvalue weighted by molar-refractivity contribution is 9.10. The second kappa shape index (κ2) is 3.92. The van der Waals surface area contributed by atoms with Crippen molar-refractivity contribution in [3.63, 3.8) is 0 Å². The van der Waals surface area contributed by atoms with Crippen LogP contribution >= 0.6 is 15.9 Å². The Morgan fingerprint density at radius 1 is 1.42 bits per heavy atom. The number of hydrogen-bond acceptors (Lipinski definition) is 2. The summed E-state index contributed by atoms with van der Waals surface area (Å²) in [5, 5.41) is 18.1. The fourth-order valence-electron chi connectivity index (χ4n) is 1.14. The Balaban J connectivity index is 3.14. The van der Waals surface area contributed by atoms with Gasteiger partial charge < -0.3 is 10.2 Å². The minimum atomic E-state index is 0.0604. The Hall–Kier alpha value is -0.540. The Bertz CT molecular complexity index is 284. The minimum Gasteiger partial charge on any atom is -0.508 e. The van der Waals surface area contributed by atoms with E-state index in [4.69, 9.17) is 5.11 Å². The number of rotatable bonds is 2. The van der Waals surface area contributed by atoms with E-state index in [1.54, 1.807) is 12.1 Å². The Morgan fingerprint density at radius 3 is 2.67 bits per heavy atom. The zero-order valence-electron chi connectivity index (χ0n) is 6.84. The van der Waals surface area contributed by atoms with Gasteiger partial charge in [0.1, 0.15) is 5.75 Å². The van der Waals surface area contributed by atoms with E-state index in [1.165, 1.54) is 0 Å². The van der Waals surface area contributed by atoms with Gasteiger partial charge in [-0.1, -0.05) is 15.9 Å². The third-order valence-corrected chi connectivity index (χ3v) is 2.73. The molecule has 0 radical (unpaired) electrons. The van der Waals surface area contributed by atoms with Gasteiger partial charge in [-0.15, -0.1) is 0 Å². The third-order valence-electron chi connectivity index (χ3n) is 1.87. The molecule has 0 fully saturated rings. The lowest BCUT2D eigenvalue weighted by atomic mass is 10.1. The maximum Gasteiger partial charge on any atom is 0.119 e. The molecule has 0 saturated carbocycles. The van der Waals surface area contributed by atoms with Gasteiger partial charge in [-0.3, -0.25) is 0 Å². The van der Waals surface area contributed by atoms with Gasteiger partial charge in [0, 0.05) is 16.6 Å². The maximum absolute atomic E-state index is 9.41. The fraction of sp³-hybridized carbons (Fsp3) is 0.333. The lowest BCUT2D eigenvalue weighted by Gasteiger charge is -2.08. The summed E-state index contributed by atoms with van der Waals surface area (Å²) in [6, 6.07) is 3.42. The Kier molecular flexibility index (Phi) is 3.12. The summed E-state index contributed by atoms with van der Waals surface area (Å²) < 4.78 is 0.962. The monoisotopic (exact) mass is 230 g/mol. The van der Waals surface area contributed by atoms with Crippen LogP contribution in [-0.2, 0) is 6.42 Å². The highest BCUT2D eigenvalue weighted by Gasteiger charge is 2.06. The van der Waals surface area contributed by atoms with Crippen LogP contribution in [0.2, 0.25) is 0 Å². The molecule has 0 aliphatic carbocycles. The molecule has 12 heavy (non-hydrogen) atoms. The van der Waals surface area contributed by atoms with E-state index in [1.807, 2.05) is 6.92 Å². The lowest BCUT2D eigenvalue weighted by molar-refractivity contribution is 0.297. The van der Waals surface area contributed by atoms with E-state index < -0.39 is 0 Å². The molecular formula is C9H11BrO2. The quantitative estimate of drug-likeness (QED) is 0.817. The molecule has 0 bridgehead atoms. The van der Waals surface area contributed by atoms with Gasteiger partial charge in [0.15, 0.2) is 0 Å². The molecule has 0 aliphatic rings. The van der Waals surface area contributed by atoms with Crippen LogP contribution in [0.25, 0.3) is 0 Å². The van der Waals surface area contributed by atoms with Gasteiger partial charge in [-0.05, 0) is 31.0 Å². The first-order valence-electron chi connectivity index (χ1n) is 3.74. The highest BCUT2D eigenvalue weighted by atomic mass is 79.9. The molecular weight excluding hydrogens is 220 g/mol. The Morgan fingerprint density at radius 2 is 2.08 bits per heavy atom. The normalized spacial score (nSPS) is 10.2. The number of aliphatic hydroxyl groups excluding tert-OH is 1. The van der Waals surface area contributed by atoms with Crippen molar-refractivity contribution in [3.05, 3.63) is 27.7 Å². The molecule has 66 valence electrons. The summed E-state index contributed by atoms with van der Waals surface area (Å²) in [6.45, 7) is 1.97. The molecule has 1 aromatic rings. The molecule has 0 atom stereocenters. The summed E-state index contributed by atoms with van der Waals surface area (Å²) in [7, 11) is 0. The van der Waals surface area contributed by atoms with Crippen LogP contribution in [-0.4, -0.2) is 16.8 Å². The molecule has 2 N–H and O–H groups in total. The maximum atomic E-state index is 9.41. The van der Waals surface area contributed by atoms with E-state index in [9.17, 15) is 5.11 Å². The third kappa shape index (κ3) is 1.79. The topological polar surface area (TPSA) is 40.5 Å². The zero-order valence-corrected chi connectivity index (χ0v) is 8.43. The van der Waals surface area contributed by atoms with Gasteiger partial charge in [-0.25, -0.2) is 0 Å². The van der Waals surface area contributed by atoms with E-state index in [0.717, 1.165) is 15.6 Å². The summed E-state index contributed by atoms with van der Waals surface area (Å²) in [6.07, 6.45) is 0.497. The number of halogens is 1. The summed E-state index contributed by atoms with van der Waals surface area (Å²) in [5.41, 5.74) is 1.80. The van der Waals surface area contributed by atoms with Crippen molar-refractivity contribution in [2.45, 2.75) is 13.3 Å². The molecule has 0 saturated heterocycles. The predicted octanol–water partition coefficient (Wildman–Crippen LogP) is 2.00. The van der Waals surface area contributed by atoms with Crippen LogP contribution in [0.3, 0.4) is 0 Å². The van der Waals surface area contributed by atoms with Crippen molar-refractivity contribution in [3.8, 4) is 5.75 Å². The van der Waals surface area contributed by atoms with Crippen molar-refractivity contribution in [2.75, 3.05) is 6.61 Å². The van der Waals surface area contributed by atoms with Crippen molar-refractivity contribution in [1.29, 1.82) is 0 Å². The van der Waals surface area contributed by atoms with Gasteiger partial charge in [-0.2, -0.15) is 0 Å². The van der Waals surface area contributed by atoms with E-state index in [-0.39, 0.29) is 12.4 Å². The smallest absolute Gasteiger partial charge is 0.119 e. The molecule has 1 rings (SSSR count). The van der Waals surface area contributed by atoms with Gasteiger partial charge in [0.05, 0.1) is 0 Å². The molecule has 0 amide bonds. The molecule has 0 unspecified atom stereocenters. The first-order valence-corrected chi connectivity index (χ1v) is 4.54. The van der Waals surface area contributed by atoms with Crippen molar-refractivity contribution < 1.29 is 10.2 Å². The standard InChI is InChI=1S/C9H11BrO2/c1-6-7(4-5-11)9(12)3-2-8(6)10/h2-3,11-12H,4-5H2,1H3. The molecule has 0 spiro atoms. The van der Waals surface area contributed by atoms with Crippen LogP contribution in [0.15, 0.2) is 16.6 Å². The molecule has 0 heterocycles. The number of phenols is 1. The Labute approximate surface area is 80.0 Å². The van der Waals surface area contributed by atoms with E-state index in [0.29, 0.717) is 6.42 Å². The number of aliphatic hydroxyl groups is 1. The molecule has 3 heteroatoms. The van der Waals surface area contributed by atoms with Gasteiger partial charge in [0.2, 0.25) is 0 Å². The van der Waals surface area contributed by atoms with Crippen LogP contribution in [0.4, 0.5) is 0 Å². The molecule has 2 nitrogen and oxygen atoms in total. The summed E-state index contributed by atoms with van der Waals surface area (Å²) in [5.74, 6) is 0.254. The number of aromatic hydroxyl groups is 1. The van der Waals surface area contributed by atoms with Crippen molar-refractivity contribution >= 4 is 15.9 Å². The highest BCUT2D eigenvalue weighted by Crippen LogP contribution is 2.27. The SMILES string of the molecule is Cc1c(Br)ccc(O)c1CCO. The van der Waals surface area contributed by atoms with E-state index >= 15 is 0 Å². The summed E-state index contributed by atoms with van der Waals surface area (Å²) in [4.78, 5) is 0. The van der Waals surface area contributed by atoms with Crippen LogP contribution in [0.1, 0.15) is 11.1 Å². The van der Waals surface area contributed by atoms with Crippen molar-refractivity contribution in [2.24, 2.45) is 0 Å². The number of hydrogen-bond donors (Lipinski definition) is 2. The zero-order chi connectivity index (χ0) is 9.14. The average molecular weight is 231 g/mol. The largest absolute Gasteiger partial charge is 0.508 e. The minimum absolute atomic E-state index is 0.0604. The van der Waals surface area contributed by atoms with Crippen LogP contribution in [0, 0.1) is 6.92 Å². The summed E-state index contributed by atoms with van der Waals surface area (Å²) >= 11 is 3.36. The average Bonchev–Trinajstić information content (AvgIpc) is 2.06. The first-order chi connectivity index (χ1) is 5.66. The second-order valence-electron chi connectivity index (χ2n) is 2.64. The van der Waals surface area contributed by atoms with Gasteiger partial charge in [0.25, 0.3) is 0 Å². The van der Waals surface area contributed by atoms with Gasteiger partial charge >= 0.3 is 0 Å². The lowest BCUT2D eigenvalue weighted by Crippen LogP contribution is -1.95. The predicted molar refractivity (Wildman–Crippen MR) is 51.3 cm³/mol. The van der Waals surface area contributed by atoms with Crippen LogP contribution in [0.5, 0.6) is 5.75 Å². The first kappa shape index (κ1) is 9.55. The van der Waals surface area contributed by atoms with E-state index in [2.05, 4.69) is 15.9 Å². The van der Waals surface area contributed by atoms with Crippen LogP contribution < -0.4 is 0 Å².